The van der Waals surface area contributed by atoms with Crippen LogP contribution in [0.3, 0.4) is 0 Å². The second-order valence-corrected chi connectivity index (χ2v) is 6.02. The Morgan fingerprint density at radius 3 is 2.43 bits per heavy atom. The van der Waals surface area contributed by atoms with E-state index in [1.807, 2.05) is 53.6 Å². The van der Waals surface area contributed by atoms with Gasteiger partial charge in [0.1, 0.15) is 5.15 Å². The molecule has 0 fully saturated rings. The summed E-state index contributed by atoms with van der Waals surface area (Å²) in [5, 5.41) is 6.52. The molecule has 3 nitrogen and oxygen atoms in total. The molecule has 2 aromatic heterocycles. The Labute approximate surface area is 139 Å². The molecule has 23 heavy (non-hydrogen) atoms. The molecule has 0 amide bonds. The Balaban J connectivity index is 2.05. The molecule has 2 aromatic carbocycles. The maximum absolute atomic E-state index is 6.66. The number of para-hydroxylation sites is 2. The number of aryl methyl sites for hydroxylation is 2. The highest BCUT2D eigenvalue weighted by Crippen LogP contribution is 2.38. The van der Waals surface area contributed by atoms with E-state index in [0.29, 0.717) is 0 Å². The molecule has 0 aliphatic carbocycles. The first-order valence-corrected chi connectivity index (χ1v) is 7.90. The third-order valence-corrected chi connectivity index (χ3v) is 4.57. The molecule has 0 bridgehead atoms. The zero-order chi connectivity index (χ0) is 16.0. The fraction of sp³-hybridized carbons (Fsp3) is 0.105. The molecule has 4 heteroatoms. The van der Waals surface area contributed by atoms with Gasteiger partial charge in [-0.25, -0.2) is 4.68 Å². The van der Waals surface area contributed by atoms with E-state index in [4.69, 9.17) is 11.6 Å². The third kappa shape index (κ3) is 2.16. The molecule has 0 N–H and O–H groups in total. The van der Waals surface area contributed by atoms with Crippen molar-refractivity contribution in [1.29, 1.82) is 0 Å². The van der Waals surface area contributed by atoms with Gasteiger partial charge in [0, 0.05) is 23.5 Å². The highest BCUT2D eigenvalue weighted by molar-refractivity contribution is 6.34. The van der Waals surface area contributed by atoms with Gasteiger partial charge in [0.15, 0.2) is 0 Å². The standard InChI is InChI=1S/C19H16ClN3/c1-13-12-17(23(21-13)14-8-4-3-5-9-14)18-15-10-6-7-11-16(15)22(2)19(18)20/h3-12H,1-2H3. The van der Waals surface area contributed by atoms with Gasteiger partial charge in [-0.05, 0) is 31.2 Å². The highest BCUT2D eigenvalue weighted by atomic mass is 35.5. The van der Waals surface area contributed by atoms with Gasteiger partial charge in [-0.1, -0.05) is 48.0 Å². The first-order valence-electron chi connectivity index (χ1n) is 7.52. The van der Waals surface area contributed by atoms with E-state index in [1.165, 1.54) is 0 Å². The fourth-order valence-corrected chi connectivity index (χ4v) is 3.34. The van der Waals surface area contributed by atoms with Crippen LogP contribution in [0.4, 0.5) is 0 Å². The number of halogens is 1. The quantitative estimate of drug-likeness (QED) is 0.510. The number of nitrogens with zero attached hydrogens (tertiary/aromatic N) is 3. The number of fused-ring (bicyclic) bond motifs is 1. The summed E-state index contributed by atoms with van der Waals surface area (Å²) in [4.78, 5) is 0. The van der Waals surface area contributed by atoms with Crippen molar-refractivity contribution >= 4 is 22.5 Å². The van der Waals surface area contributed by atoms with E-state index in [0.717, 1.165) is 38.7 Å². The molecule has 0 saturated carbocycles. The molecule has 0 aliphatic heterocycles. The van der Waals surface area contributed by atoms with Gasteiger partial charge in [-0.2, -0.15) is 5.10 Å². The molecular weight excluding hydrogens is 306 g/mol. The smallest absolute Gasteiger partial charge is 0.119 e. The normalized spacial score (nSPS) is 11.3. The minimum Gasteiger partial charge on any atom is -0.334 e. The average Bonchev–Trinajstić information content (AvgIpc) is 3.07. The molecular formula is C19H16ClN3. The van der Waals surface area contributed by atoms with Crippen LogP contribution in [-0.2, 0) is 7.05 Å². The van der Waals surface area contributed by atoms with Gasteiger partial charge in [0.2, 0.25) is 0 Å². The summed E-state index contributed by atoms with van der Waals surface area (Å²) in [6.45, 7) is 2.00. The van der Waals surface area contributed by atoms with Crippen molar-refractivity contribution < 1.29 is 0 Å². The molecule has 0 saturated heterocycles. The van der Waals surface area contributed by atoms with Gasteiger partial charge in [0.25, 0.3) is 0 Å². The predicted molar refractivity (Wildman–Crippen MR) is 95.2 cm³/mol. The number of rotatable bonds is 2. The second kappa shape index (κ2) is 5.28. The van der Waals surface area contributed by atoms with E-state index < -0.39 is 0 Å². The molecule has 2 heterocycles. The Kier molecular flexibility index (Phi) is 3.24. The Morgan fingerprint density at radius 1 is 0.957 bits per heavy atom. The van der Waals surface area contributed by atoms with Crippen LogP contribution in [0.1, 0.15) is 5.69 Å². The number of benzene rings is 2. The van der Waals surface area contributed by atoms with Gasteiger partial charge < -0.3 is 4.57 Å². The number of hydrogen-bond donors (Lipinski definition) is 0. The van der Waals surface area contributed by atoms with Crippen LogP contribution >= 0.6 is 11.6 Å². The summed E-state index contributed by atoms with van der Waals surface area (Å²) in [6, 6.07) is 20.5. The fourth-order valence-electron chi connectivity index (χ4n) is 3.05. The molecule has 0 aliphatic rings. The van der Waals surface area contributed by atoms with Crippen LogP contribution < -0.4 is 0 Å². The van der Waals surface area contributed by atoms with E-state index >= 15 is 0 Å². The largest absolute Gasteiger partial charge is 0.334 e. The zero-order valence-corrected chi connectivity index (χ0v) is 13.7. The van der Waals surface area contributed by atoms with Crippen molar-refractivity contribution in [3.05, 3.63) is 71.5 Å². The molecule has 0 atom stereocenters. The lowest BCUT2D eigenvalue weighted by Crippen LogP contribution is -1.99. The van der Waals surface area contributed by atoms with Crippen LogP contribution in [0.25, 0.3) is 27.8 Å². The first kappa shape index (κ1) is 14.1. The lowest BCUT2D eigenvalue weighted by atomic mass is 10.1. The minimum atomic E-state index is 0.725. The van der Waals surface area contributed by atoms with Gasteiger partial charge in [-0.3, -0.25) is 0 Å². The van der Waals surface area contributed by atoms with Crippen LogP contribution in [0.2, 0.25) is 5.15 Å². The predicted octanol–water partition coefficient (Wildman–Crippen LogP) is 4.99. The Bertz CT molecular complexity index is 996. The second-order valence-electron chi connectivity index (χ2n) is 5.66. The van der Waals surface area contributed by atoms with Gasteiger partial charge in [-0.15, -0.1) is 0 Å². The highest BCUT2D eigenvalue weighted by Gasteiger charge is 2.19. The lowest BCUT2D eigenvalue weighted by molar-refractivity contribution is 0.868. The maximum Gasteiger partial charge on any atom is 0.119 e. The van der Waals surface area contributed by atoms with Crippen molar-refractivity contribution in [2.75, 3.05) is 0 Å². The molecule has 4 aromatic rings. The topological polar surface area (TPSA) is 22.8 Å². The summed E-state index contributed by atoms with van der Waals surface area (Å²) in [7, 11) is 1.99. The van der Waals surface area contributed by atoms with E-state index in [2.05, 4.69) is 35.4 Å². The molecule has 0 spiro atoms. The SMILES string of the molecule is Cc1cc(-c2c(Cl)n(C)c3ccccc23)n(-c2ccccc2)n1. The molecule has 4 rings (SSSR count). The molecule has 0 radical (unpaired) electrons. The van der Waals surface area contributed by atoms with Crippen LogP contribution in [0.5, 0.6) is 0 Å². The van der Waals surface area contributed by atoms with Crippen molar-refractivity contribution in [2.45, 2.75) is 6.92 Å². The summed E-state index contributed by atoms with van der Waals surface area (Å²) >= 11 is 6.66. The number of aromatic nitrogens is 3. The monoisotopic (exact) mass is 321 g/mol. The lowest BCUT2D eigenvalue weighted by Gasteiger charge is -2.07. The summed E-state index contributed by atoms with van der Waals surface area (Å²) in [6.07, 6.45) is 0. The van der Waals surface area contributed by atoms with Crippen molar-refractivity contribution in [1.82, 2.24) is 14.3 Å². The van der Waals surface area contributed by atoms with Crippen LogP contribution in [-0.4, -0.2) is 14.3 Å². The van der Waals surface area contributed by atoms with Crippen molar-refractivity contribution in [3.8, 4) is 16.9 Å². The third-order valence-electron chi connectivity index (χ3n) is 4.12. The molecule has 0 unspecified atom stereocenters. The van der Waals surface area contributed by atoms with Crippen molar-refractivity contribution in [2.24, 2.45) is 7.05 Å². The Morgan fingerprint density at radius 2 is 1.65 bits per heavy atom. The molecule has 114 valence electrons. The zero-order valence-electron chi connectivity index (χ0n) is 13.0. The summed E-state index contributed by atoms with van der Waals surface area (Å²) in [5.74, 6) is 0. The van der Waals surface area contributed by atoms with Gasteiger partial charge >= 0.3 is 0 Å². The summed E-state index contributed by atoms with van der Waals surface area (Å²) in [5.41, 5.74) is 5.14. The minimum absolute atomic E-state index is 0.725. The number of hydrogen-bond acceptors (Lipinski definition) is 1. The maximum atomic E-state index is 6.66. The summed E-state index contributed by atoms with van der Waals surface area (Å²) < 4.78 is 3.98. The van der Waals surface area contributed by atoms with Crippen LogP contribution in [0.15, 0.2) is 60.7 Å². The van der Waals surface area contributed by atoms with E-state index in [9.17, 15) is 0 Å². The Hall–Kier alpha value is -2.52. The van der Waals surface area contributed by atoms with Crippen molar-refractivity contribution in [3.63, 3.8) is 0 Å². The van der Waals surface area contributed by atoms with Gasteiger partial charge in [0.05, 0.1) is 17.1 Å². The average molecular weight is 322 g/mol. The first-order chi connectivity index (χ1) is 11.2. The van der Waals surface area contributed by atoms with Crippen LogP contribution in [0, 0.1) is 6.92 Å². The van der Waals surface area contributed by atoms with E-state index in [-0.39, 0.29) is 0 Å². The van der Waals surface area contributed by atoms with E-state index in [1.54, 1.807) is 0 Å².